The van der Waals surface area contributed by atoms with E-state index in [2.05, 4.69) is 27.4 Å². The first kappa shape index (κ1) is 23.1. The summed E-state index contributed by atoms with van der Waals surface area (Å²) < 4.78 is 4.88. The number of ketones is 1. The molecule has 7 unspecified atom stereocenters. The first-order valence-corrected chi connectivity index (χ1v) is 13.0. The van der Waals surface area contributed by atoms with Crippen LogP contribution in [0.4, 0.5) is 0 Å². The smallest absolute Gasteiger partial charge is 0.305 e. The topological polar surface area (TPSA) is 43.4 Å². The van der Waals surface area contributed by atoms with Crippen LogP contribution >= 0.6 is 0 Å². The monoisotopic (exact) mass is 428 g/mol. The number of esters is 1. The van der Waals surface area contributed by atoms with Crippen LogP contribution in [0, 0.1) is 46.3 Å². The Kier molecular flexibility index (Phi) is 6.45. The minimum absolute atomic E-state index is 0.0972. The highest BCUT2D eigenvalue weighted by Crippen LogP contribution is 2.67. The first-order chi connectivity index (χ1) is 14.7. The average molecular weight is 429 g/mol. The van der Waals surface area contributed by atoms with Crippen molar-refractivity contribution >= 4 is 11.8 Å². The van der Waals surface area contributed by atoms with Gasteiger partial charge in [0.15, 0.2) is 0 Å². The van der Waals surface area contributed by atoms with Gasteiger partial charge in [-0.3, -0.25) is 9.59 Å². The molecule has 8 atom stereocenters. The van der Waals surface area contributed by atoms with Crippen LogP contribution in [0.15, 0.2) is 12.2 Å². The summed E-state index contributed by atoms with van der Waals surface area (Å²) in [7, 11) is 1.48. The van der Waals surface area contributed by atoms with Crippen LogP contribution in [0.3, 0.4) is 0 Å². The molecule has 0 aromatic heterocycles. The fourth-order valence-corrected chi connectivity index (χ4v) is 9.07. The third-order valence-electron chi connectivity index (χ3n) is 10.7. The van der Waals surface area contributed by atoms with Gasteiger partial charge in [0.1, 0.15) is 5.78 Å². The van der Waals surface area contributed by atoms with E-state index in [1.165, 1.54) is 70.5 Å². The van der Waals surface area contributed by atoms with Crippen LogP contribution in [0.1, 0.15) is 97.8 Å². The number of Topliss-reactive ketones (excluding diaryl/α,β-unsaturated/α-hetero) is 1. The molecule has 174 valence electrons. The first-order valence-electron chi connectivity index (χ1n) is 13.0. The van der Waals surface area contributed by atoms with Crippen LogP contribution in [-0.4, -0.2) is 18.9 Å². The van der Waals surface area contributed by atoms with E-state index in [0.717, 1.165) is 6.42 Å². The second kappa shape index (κ2) is 8.67. The van der Waals surface area contributed by atoms with Crippen molar-refractivity contribution in [1.82, 2.24) is 0 Å². The summed E-state index contributed by atoms with van der Waals surface area (Å²) in [5.74, 6) is 3.32. The van der Waals surface area contributed by atoms with Crippen molar-refractivity contribution < 1.29 is 14.3 Å². The van der Waals surface area contributed by atoms with Crippen LogP contribution in [0.5, 0.6) is 0 Å². The molecule has 4 saturated carbocycles. The number of methoxy groups -OCH3 is 1. The zero-order chi connectivity index (χ0) is 22.4. The van der Waals surface area contributed by atoms with Gasteiger partial charge < -0.3 is 4.74 Å². The summed E-state index contributed by atoms with van der Waals surface area (Å²) in [4.78, 5) is 25.4. The lowest BCUT2D eigenvalue weighted by Gasteiger charge is -2.54. The lowest BCUT2D eigenvalue weighted by molar-refractivity contribution is -0.141. The number of hydrogen-bond donors (Lipinski definition) is 0. The van der Waals surface area contributed by atoms with Crippen molar-refractivity contribution in [3.63, 3.8) is 0 Å². The highest BCUT2D eigenvalue weighted by molar-refractivity contribution is 5.85. The van der Waals surface area contributed by atoms with Crippen molar-refractivity contribution in [3.8, 4) is 0 Å². The van der Waals surface area contributed by atoms with Gasteiger partial charge in [0.2, 0.25) is 0 Å². The maximum absolute atomic E-state index is 13.7. The fraction of sp³-hybridized carbons (Fsp3) is 0.857. The third kappa shape index (κ3) is 3.82. The average Bonchev–Trinajstić information content (AvgIpc) is 2.92. The summed E-state index contributed by atoms with van der Waals surface area (Å²) >= 11 is 0. The third-order valence-corrected chi connectivity index (χ3v) is 10.7. The van der Waals surface area contributed by atoms with Gasteiger partial charge in [-0.05, 0) is 85.4 Å². The molecule has 0 aromatic rings. The maximum Gasteiger partial charge on any atom is 0.305 e. The minimum atomic E-state index is -0.0972. The van der Waals surface area contributed by atoms with E-state index in [1.54, 1.807) is 0 Å². The van der Waals surface area contributed by atoms with Crippen LogP contribution in [-0.2, 0) is 14.3 Å². The predicted molar refractivity (Wildman–Crippen MR) is 124 cm³/mol. The molecule has 4 aliphatic rings. The molecule has 0 amide bonds. The molecule has 3 heteroatoms. The van der Waals surface area contributed by atoms with Crippen molar-refractivity contribution in [3.05, 3.63) is 12.2 Å². The molecular weight excluding hydrogens is 384 g/mol. The quantitative estimate of drug-likeness (QED) is 0.367. The van der Waals surface area contributed by atoms with Crippen molar-refractivity contribution in [1.29, 1.82) is 0 Å². The van der Waals surface area contributed by atoms with Gasteiger partial charge in [0, 0.05) is 18.8 Å². The molecule has 0 bridgehead atoms. The molecule has 31 heavy (non-hydrogen) atoms. The predicted octanol–water partition coefficient (Wildman–Crippen LogP) is 6.75. The highest BCUT2D eigenvalue weighted by atomic mass is 16.5. The summed E-state index contributed by atoms with van der Waals surface area (Å²) in [5.41, 5.74) is 1.72. The number of carbonyl (C=O) groups is 2. The number of allylic oxidation sites excluding steroid dienone is 1. The molecule has 4 aliphatic carbocycles. The molecule has 4 fully saturated rings. The number of rotatable bonds is 4. The zero-order valence-corrected chi connectivity index (χ0v) is 20.4. The number of carbonyl (C=O) groups excluding carboxylic acids is 2. The largest absolute Gasteiger partial charge is 0.469 e. The van der Waals surface area contributed by atoms with Crippen LogP contribution in [0.2, 0.25) is 0 Å². The molecule has 3 nitrogen and oxygen atoms in total. The van der Waals surface area contributed by atoms with Crippen molar-refractivity contribution in [2.75, 3.05) is 7.11 Å². The molecule has 0 saturated heterocycles. The van der Waals surface area contributed by atoms with Gasteiger partial charge in [-0.25, -0.2) is 0 Å². The fourth-order valence-electron chi connectivity index (χ4n) is 9.07. The Morgan fingerprint density at radius 2 is 1.81 bits per heavy atom. The number of ether oxygens (including phenoxy) is 1. The molecule has 0 N–H and O–H groups in total. The Morgan fingerprint density at radius 3 is 2.55 bits per heavy atom. The Hall–Kier alpha value is -1.12. The second-order valence-corrected chi connectivity index (χ2v) is 12.0. The van der Waals surface area contributed by atoms with Gasteiger partial charge >= 0.3 is 5.97 Å². The van der Waals surface area contributed by atoms with Crippen LogP contribution < -0.4 is 0 Å². The maximum atomic E-state index is 13.7. The number of hydrogen-bond acceptors (Lipinski definition) is 3. The van der Waals surface area contributed by atoms with E-state index in [9.17, 15) is 9.59 Å². The van der Waals surface area contributed by atoms with Crippen LogP contribution in [0.25, 0.3) is 0 Å². The summed E-state index contributed by atoms with van der Waals surface area (Å²) in [6.07, 6.45) is 13.3. The molecule has 0 spiro atoms. The summed E-state index contributed by atoms with van der Waals surface area (Å²) in [6, 6.07) is 0. The molecule has 0 radical (unpaired) electrons. The Morgan fingerprint density at radius 1 is 1.06 bits per heavy atom. The number of fused-ring (bicyclic) bond motifs is 5. The highest BCUT2D eigenvalue weighted by Gasteiger charge is 2.61. The Labute approximate surface area is 189 Å². The molecule has 0 aliphatic heterocycles. The van der Waals surface area contributed by atoms with E-state index in [-0.39, 0.29) is 22.7 Å². The summed E-state index contributed by atoms with van der Waals surface area (Å²) in [6.45, 7) is 11.8. The molecule has 0 heterocycles. The molecular formula is C28H44O3. The lowest BCUT2D eigenvalue weighted by atomic mass is 9.49. The van der Waals surface area contributed by atoms with Gasteiger partial charge in [-0.15, -0.1) is 0 Å². The van der Waals surface area contributed by atoms with E-state index in [0.29, 0.717) is 48.2 Å². The zero-order valence-electron chi connectivity index (χ0n) is 20.4. The standard InChI is InChI=1S/C28H44O3/c1-18(10-13-25(30)31-5)21-11-12-22-26-23(14-16-28(21,22)4)27(3)15-8-6-7-9-20(27)19(2)17-24(26)29/h18,20-23,26H,2,6-17H2,1,3-5H3/t18-,20?,21?,22?,23?,26?,27?,28?/m1/s1. The summed E-state index contributed by atoms with van der Waals surface area (Å²) in [5, 5.41) is 0. The van der Waals surface area contributed by atoms with Gasteiger partial charge in [0.25, 0.3) is 0 Å². The van der Waals surface area contributed by atoms with E-state index in [1.807, 2.05) is 0 Å². The Balaban J connectivity index is 1.61. The van der Waals surface area contributed by atoms with Gasteiger partial charge in [-0.1, -0.05) is 52.2 Å². The van der Waals surface area contributed by atoms with Gasteiger partial charge in [0.05, 0.1) is 7.11 Å². The second-order valence-electron chi connectivity index (χ2n) is 12.0. The molecule has 0 aromatic carbocycles. The van der Waals surface area contributed by atoms with Crippen molar-refractivity contribution in [2.45, 2.75) is 97.8 Å². The Bertz CT molecular complexity index is 726. The van der Waals surface area contributed by atoms with Gasteiger partial charge in [-0.2, -0.15) is 0 Å². The minimum Gasteiger partial charge on any atom is -0.469 e. The normalized spacial score (nSPS) is 43.8. The van der Waals surface area contributed by atoms with Crippen molar-refractivity contribution in [2.24, 2.45) is 46.3 Å². The van der Waals surface area contributed by atoms with E-state index >= 15 is 0 Å². The lowest BCUT2D eigenvalue weighted by Crippen LogP contribution is -2.50. The van der Waals surface area contributed by atoms with E-state index in [4.69, 9.17) is 4.74 Å². The SMILES string of the molecule is C=C1CC(=O)C2C(CCC3(C)C2CCC3[C@H](C)CCC(=O)OC)C2(C)CCCCCC12. The van der Waals surface area contributed by atoms with E-state index < -0.39 is 0 Å². The molecule has 4 rings (SSSR count).